The molecule has 1 fully saturated rings. The highest BCUT2D eigenvalue weighted by Crippen LogP contribution is 2.23. The first-order valence-corrected chi connectivity index (χ1v) is 9.42. The molecule has 3 aromatic rings. The average Bonchev–Trinajstić information content (AvgIpc) is 3.40. The quantitative estimate of drug-likeness (QED) is 0.475. The van der Waals surface area contributed by atoms with Crippen LogP contribution in [0.5, 0.6) is 0 Å². The minimum Gasteiger partial charge on any atom is -0.343 e. The van der Waals surface area contributed by atoms with Gasteiger partial charge in [0.2, 0.25) is 0 Å². The number of benzene rings is 2. The van der Waals surface area contributed by atoms with E-state index in [0.29, 0.717) is 0 Å². The van der Waals surface area contributed by atoms with Gasteiger partial charge in [-0.2, -0.15) is 5.10 Å². The van der Waals surface area contributed by atoms with E-state index in [4.69, 9.17) is 0 Å². The van der Waals surface area contributed by atoms with Crippen LogP contribution in [0.2, 0.25) is 0 Å². The number of nitrogens with zero attached hydrogens (tertiary/aromatic N) is 4. The molecule has 4 rings (SSSR count). The summed E-state index contributed by atoms with van der Waals surface area (Å²) in [4.78, 5) is 28.8. The van der Waals surface area contributed by atoms with Crippen molar-refractivity contribution in [3.05, 3.63) is 82.4 Å². The van der Waals surface area contributed by atoms with E-state index in [-0.39, 0.29) is 28.9 Å². The van der Waals surface area contributed by atoms with E-state index in [0.717, 1.165) is 26.1 Å². The molecule has 148 valence electrons. The number of carbonyl (C=O) groups is 1. The van der Waals surface area contributed by atoms with Crippen LogP contribution in [0, 0.1) is 10.1 Å². The summed E-state index contributed by atoms with van der Waals surface area (Å²) in [5, 5.41) is 18.4. The van der Waals surface area contributed by atoms with E-state index in [1.54, 1.807) is 6.07 Å². The normalized spacial score (nSPS) is 18.5. The molecule has 1 aliphatic heterocycles. The van der Waals surface area contributed by atoms with Gasteiger partial charge in [0.15, 0.2) is 0 Å². The van der Waals surface area contributed by atoms with Crippen molar-refractivity contribution in [2.24, 2.45) is 0 Å². The predicted molar refractivity (Wildman–Crippen MR) is 105 cm³/mol. The number of nitro groups is 1. The number of rotatable bonds is 6. The van der Waals surface area contributed by atoms with E-state index < -0.39 is 4.92 Å². The van der Waals surface area contributed by atoms with Gasteiger partial charge in [-0.3, -0.25) is 14.9 Å². The largest absolute Gasteiger partial charge is 0.343 e. The van der Waals surface area contributed by atoms with Crippen LogP contribution in [-0.4, -0.2) is 44.7 Å². The summed E-state index contributed by atoms with van der Waals surface area (Å²) < 4.78 is 1.31. The van der Waals surface area contributed by atoms with Gasteiger partial charge >= 0.3 is 0 Å². The predicted octanol–water partition coefficient (Wildman–Crippen LogP) is 0.763. The Morgan fingerprint density at radius 2 is 2.10 bits per heavy atom. The fourth-order valence-electron chi connectivity index (χ4n) is 3.71. The summed E-state index contributed by atoms with van der Waals surface area (Å²) in [6.07, 6.45) is 3.56. The SMILES string of the molecule is O=C(N[C@H]1CC[NH+](Cc2ccccc2)C1)c1ccc(-n2cncn2)c([N+](=O)[O-])c1. The molecular weight excluding hydrogens is 372 g/mol. The summed E-state index contributed by atoms with van der Waals surface area (Å²) in [7, 11) is 0. The van der Waals surface area contributed by atoms with Gasteiger partial charge in [0.25, 0.3) is 11.6 Å². The Balaban J connectivity index is 1.42. The lowest BCUT2D eigenvalue weighted by Crippen LogP contribution is -3.09. The summed E-state index contributed by atoms with van der Waals surface area (Å²) >= 11 is 0. The van der Waals surface area contributed by atoms with Gasteiger partial charge in [0.1, 0.15) is 24.9 Å². The van der Waals surface area contributed by atoms with Crippen LogP contribution in [-0.2, 0) is 6.54 Å². The van der Waals surface area contributed by atoms with E-state index in [9.17, 15) is 14.9 Å². The number of nitro benzene ring substituents is 1. The molecule has 1 unspecified atom stereocenters. The average molecular weight is 393 g/mol. The van der Waals surface area contributed by atoms with Gasteiger partial charge in [0.05, 0.1) is 24.1 Å². The molecule has 2 heterocycles. The van der Waals surface area contributed by atoms with Crippen molar-refractivity contribution in [1.29, 1.82) is 0 Å². The fourth-order valence-corrected chi connectivity index (χ4v) is 3.71. The van der Waals surface area contributed by atoms with Crippen molar-refractivity contribution >= 4 is 11.6 Å². The van der Waals surface area contributed by atoms with Crippen LogP contribution in [0.3, 0.4) is 0 Å². The van der Waals surface area contributed by atoms with Crippen LogP contribution < -0.4 is 10.2 Å². The lowest BCUT2D eigenvalue weighted by Gasteiger charge is -2.14. The highest BCUT2D eigenvalue weighted by Gasteiger charge is 2.28. The Morgan fingerprint density at radius 3 is 2.83 bits per heavy atom. The molecule has 2 N–H and O–H groups in total. The van der Waals surface area contributed by atoms with Crippen LogP contribution in [0.15, 0.2) is 61.2 Å². The molecule has 1 aliphatic rings. The summed E-state index contributed by atoms with van der Waals surface area (Å²) in [6.45, 7) is 2.73. The van der Waals surface area contributed by atoms with Crippen molar-refractivity contribution in [2.45, 2.75) is 19.0 Å². The molecule has 2 aromatic carbocycles. The topological polar surface area (TPSA) is 107 Å². The lowest BCUT2D eigenvalue weighted by molar-refractivity contribution is -0.901. The maximum atomic E-state index is 12.7. The standard InChI is InChI=1S/C20H20N6O3/c27-20(23-17-8-9-24(12-17)11-15-4-2-1-3-5-15)16-6-7-18(19(10-16)26(28)29)25-14-21-13-22-25/h1-7,10,13-14,17H,8-9,11-12H2,(H,23,27)/p+1/t17-/m0/s1. The Kier molecular flexibility index (Phi) is 5.30. The highest BCUT2D eigenvalue weighted by molar-refractivity contribution is 5.95. The van der Waals surface area contributed by atoms with Crippen LogP contribution >= 0.6 is 0 Å². The highest BCUT2D eigenvalue weighted by atomic mass is 16.6. The third-order valence-corrected chi connectivity index (χ3v) is 5.11. The molecule has 0 spiro atoms. The van der Waals surface area contributed by atoms with E-state index in [1.165, 1.54) is 39.9 Å². The molecule has 1 aromatic heterocycles. The zero-order valence-corrected chi connectivity index (χ0v) is 15.7. The molecule has 0 bridgehead atoms. The number of amides is 1. The van der Waals surface area contributed by atoms with Crippen molar-refractivity contribution in [2.75, 3.05) is 13.1 Å². The summed E-state index contributed by atoms with van der Waals surface area (Å²) in [6, 6.07) is 14.7. The molecule has 9 heteroatoms. The van der Waals surface area contributed by atoms with Crippen LogP contribution in [0.4, 0.5) is 5.69 Å². The molecule has 29 heavy (non-hydrogen) atoms. The Morgan fingerprint density at radius 1 is 1.28 bits per heavy atom. The first-order valence-electron chi connectivity index (χ1n) is 9.42. The van der Waals surface area contributed by atoms with Gasteiger partial charge < -0.3 is 10.2 Å². The van der Waals surface area contributed by atoms with E-state index in [2.05, 4.69) is 27.5 Å². The smallest absolute Gasteiger partial charge is 0.295 e. The monoisotopic (exact) mass is 393 g/mol. The Hall–Kier alpha value is -3.59. The minimum atomic E-state index is -0.519. The second-order valence-electron chi connectivity index (χ2n) is 7.13. The lowest BCUT2D eigenvalue weighted by atomic mass is 10.1. The van der Waals surface area contributed by atoms with Crippen molar-refractivity contribution < 1.29 is 14.6 Å². The minimum absolute atomic E-state index is 0.0512. The Labute approximate surface area is 167 Å². The van der Waals surface area contributed by atoms with E-state index in [1.807, 2.05) is 18.2 Å². The molecule has 1 saturated heterocycles. The zero-order valence-electron chi connectivity index (χ0n) is 15.7. The van der Waals surface area contributed by atoms with Gasteiger partial charge in [-0.05, 0) is 12.1 Å². The molecule has 0 saturated carbocycles. The van der Waals surface area contributed by atoms with Crippen molar-refractivity contribution in [3.8, 4) is 5.69 Å². The molecule has 0 radical (unpaired) electrons. The zero-order chi connectivity index (χ0) is 20.2. The second-order valence-corrected chi connectivity index (χ2v) is 7.13. The fraction of sp³-hybridized carbons (Fsp3) is 0.250. The van der Waals surface area contributed by atoms with Gasteiger partial charge in [-0.25, -0.2) is 9.67 Å². The molecular formula is C20H21N6O3+. The number of aromatic nitrogens is 3. The van der Waals surface area contributed by atoms with Crippen molar-refractivity contribution in [3.63, 3.8) is 0 Å². The maximum Gasteiger partial charge on any atom is 0.295 e. The number of hydrogen-bond acceptors (Lipinski definition) is 5. The third kappa shape index (κ3) is 4.30. The van der Waals surface area contributed by atoms with Gasteiger partial charge in [-0.1, -0.05) is 30.3 Å². The first-order chi connectivity index (χ1) is 14.1. The molecule has 2 atom stereocenters. The number of nitrogens with one attached hydrogen (secondary N) is 2. The summed E-state index contributed by atoms with van der Waals surface area (Å²) in [5.41, 5.74) is 1.61. The van der Waals surface area contributed by atoms with Gasteiger partial charge in [0, 0.05) is 23.6 Å². The summed E-state index contributed by atoms with van der Waals surface area (Å²) in [5.74, 6) is -0.302. The maximum absolute atomic E-state index is 12.7. The number of likely N-dealkylation sites (tertiary alicyclic amines) is 1. The first kappa shape index (κ1) is 18.8. The van der Waals surface area contributed by atoms with Crippen LogP contribution in [0.25, 0.3) is 5.69 Å². The number of hydrogen-bond donors (Lipinski definition) is 2. The van der Waals surface area contributed by atoms with Gasteiger partial charge in [-0.15, -0.1) is 0 Å². The number of quaternary nitrogens is 1. The molecule has 0 aliphatic carbocycles. The number of carbonyl (C=O) groups excluding carboxylic acids is 1. The third-order valence-electron chi connectivity index (χ3n) is 5.11. The van der Waals surface area contributed by atoms with Crippen molar-refractivity contribution in [1.82, 2.24) is 20.1 Å². The molecule has 9 nitrogen and oxygen atoms in total. The van der Waals surface area contributed by atoms with E-state index >= 15 is 0 Å². The Bertz CT molecular complexity index is 1010. The second kappa shape index (κ2) is 8.19. The van der Waals surface area contributed by atoms with Crippen LogP contribution in [0.1, 0.15) is 22.3 Å². The molecule has 1 amide bonds.